The molecule has 1 N–H and O–H groups in total. The SMILES string of the molecule is CCN(CC)CCc1ccc(O)c(Cl)c1Cl. The first-order valence-corrected chi connectivity index (χ1v) is 6.23. The van der Waals surface area contributed by atoms with Gasteiger partial charge in [-0.2, -0.15) is 0 Å². The van der Waals surface area contributed by atoms with Crippen LogP contribution in [0.4, 0.5) is 0 Å². The van der Waals surface area contributed by atoms with Gasteiger partial charge in [-0.05, 0) is 31.1 Å². The molecule has 16 heavy (non-hydrogen) atoms. The first-order valence-electron chi connectivity index (χ1n) is 5.48. The maximum Gasteiger partial charge on any atom is 0.135 e. The van der Waals surface area contributed by atoms with Crippen LogP contribution in [0.3, 0.4) is 0 Å². The van der Waals surface area contributed by atoms with E-state index in [2.05, 4.69) is 18.7 Å². The molecule has 0 amide bonds. The van der Waals surface area contributed by atoms with E-state index in [4.69, 9.17) is 23.2 Å². The van der Waals surface area contributed by atoms with E-state index in [9.17, 15) is 5.11 Å². The zero-order valence-corrected chi connectivity index (χ0v) is 11.1. The van der Waals surface area contributed by atoms with E-state index in [-0.39, 0.29) is 10.8 Å². The third kappa shape index (κ3) is 3.27. The summed E-state index contributed by atoms with van der Waals surface area (Å²) in [4.78, 5) is 2.32. The van der Waals surface area contributed by atoms with Gasteiger partial charge in [0.2, 0.25) is 0 Å². The molecule has 0 unspecified atom stereocenters. The monoisotopic (exact) mass is 261 g/mol. The van der Waals surface area contributed by atoms with Gasteiger partial charge < -0.3 is 10.0 Å². The predicted molar refractivity (Wildman–Crippen MR) is 69.6 cm³/mol. The molecule has 2 nitrogen and oxygen atoms in total. The Bertz CT molecular complexity index is 351. The Morgan fingerprint density at radius 2 is 1.75 bits per heavy atom. The maximum absolute atomic E-state index is 9.37. The highest BCUT2D eigenvalue weighted by Crippen LogP contribution is 2.33. The molecule has 1 aromatic carbocycles. The Labute approximate surface area is 107 Å². The molecule has 1 aromatic rings. The molecule has 0 aliphatic carbocycles. The number of likely N-dealkylation sites (N-methyl/N-ethyl adjacent to an activating group) is 1. The van der Waals surface area contributed by atoms with Crippen LogP contribution in [-0.4, -0.2) is 29.6 Å². The van der Waals surface area contributed by atoms with Crippen LogP contribution in [0.15, 0.2) is 12.1 Å². The maximum atomic E-state index is 9.37. The van der Waals surface area contributed by atoms with Crippen molar-refractivity contribution in [3.8, 4) is 5.75 Å². The Hall–Kier alpha value is -0.440. The van der Waals surface area contributed by atoms with Gasteiger partial charge in [-0.1, -0.05) is 43.1 Å². The lowest BCUT2D eigenvalue weighted by Crippen LogP contribution is -2.25. The normalized spacial score (nSPS) is 11.1. The average molecular weight is 262 g/mol. The van der Waals surface area contributed by atoms with E-state index in [1.165, 1.54) is 0 Å². The van der Waals surface area contributed by atoms with Crippen LogP contribution in [0.25, 0.3) is 0 Å². The smallest absolute Gasteiger partial charge is 0.135 e. The Morgan fingerprint density at radius 1 is 1.12 bits per heavy atom. The lowest BCUT2D eigenvalue weighted by molar-refractivity contribution is 0.308. The van der Waals surface area contributed by atoms with Gasteiger partial charge in [0.15, 0.2) is 0 Å². The van der Waals surface area contributed by atoms with Crippen molar-refractivity contribution in [3.63, 3.8) is 0 Å². The van der Waals surface area contributed by atoms with Crippen LogP contribution in [0.2, 0.25) is 10.0 Å². The van der Waals surface area contributed by atoms with Crippen LogP contribution < -0.4 is 0 Å². The standard InChI is InChI=1S/C12H17Cl2NO/c1-3-15(4-2)8-7-9-5-6-10(16)12(14)11(9)13/h5-6,16H,3-4,7-8H2,1-2H3. The van der Waals surface area contributed by atoms with Crippen LogP contribution in [0.1, 0.15) is 19.4 Å². The highest BCUT2D eigenvalue weighted by Gasteiger charge is 2.09. The second-order valence-electron chi connectivity index (χ2n) is 3.65. The van der Waals surface area contributed by atoms with E-state index in [1.54, 1.807) is 6.07 Å². The van der Waals surface area contributed by atoms with Crippen molar-refractivity contribution in [2.24, 2.45) is 0 Å². The minimum absolute atomic E-state index is 0.0401. The summed E-state index contributed by atoms with van der Waals surface area (Å²) in [5, 5.41) is 10.1. The van der Waals surface area contributed by atoms with E-state index in [1.807, 2.05) is 6.07 Å². The lowest BCUT2D eigenvalue weighted by atomic mass is 10.1. The number of benzene rings is 1. The quantitative estimate of drug-likeness (QED) is 0.876. The summed E-state index contributed by atoms with van der Waals surface area (Å²) in [5.41, 5.74) is 0.983. The third-order valence-corrected chi connectivity index (χ3v) is 3.64. The average Bonchev–Trinajstić information content (AvgIpc) is 2.30. The molecule has 0 atom stereocenters. The van der Waals surface area contributed by atoms with Crippen molar-refractivity contribution in [3.05, 3.63) is 27.7 Å². The molecule has 4 heteroatoms. The molecule has 0 spiro atoms. The number of rotatable bonds is 5. The topological polar surface area (TPSA) is 23.5 Å². The van der Waals surface area contributed by atoms with Crippen molar-refractivity contribution in [1.29, 1.82) is 0 Å². The van der Waals surface area contributed by atoms with Crippen LogP contribution >= 0.6 is 23.2 Å². The van der Waals surface area contributed by atoms with Gasteiger partial charge in [-0.3, -0.25) is 0 Å². The highest BCUT2D eigenvalue weighted by atomic mass is 35.5. The Balaban J connectivity index is 2.71. The van der Waals surface area contributed by atoms with Crippen LogP contribution in [0, 0.1) is 0 Å². The molecule has 0 aliphatic rings. The highest BCUT2D eigenvalue weighted by molar-refractivity contribution is 6.43. The van der Waals surface area contributed by atoms with Gasteiger partial charge in [-0.25, -0.2) is 0 Å². The zero-order chi connectivity index (χ0) is 12.1. The van der Waals surface area contributed by atoms with Crippen LogP contribution in [-0.2, 0) is 6.42 Å². The molecule has 0 aromatic heterocycles. The van der Waals surface area contributed by atoms with Crippen LogP contribution in [0.5, 0.6) is 5.75 Å². The summed E-state index contributed by atoms with van der Waals surface area (Å²) in [5.74, 6) is 0.0401. The molecule has 90 valence electrons. The fourth-order valence-corrected chi connectivity index (χ4v) is 2.03. The number of aromatic hydroxyl groups is 1. The number of phenolic OH excluding ortho intramolecular Hbond substituents is 1. The summed E-state index contributed by atoms with van der Waals surface area (Å²) >= 11 is 11.9. The molecule has 1 rings (SSSR count). The predicted octanol–water partition coefficient (Wildman–Crippen LogP) is 3.58. The first kappa shape index (κ1) is 13.6. The zero-order valence-electron chi connectivity index (χ0n) is 9.63. The molecule has 0 saturated carbocycles. The number of nitrogens with zero attached hydrogens (tertiary/aromatic N) is 1. The number of halogens is 2. The lowest BCUT2D eigenvalue weighted by Gasteiger charge is -2.18. The second-order valence-corrected chi connectivity index (χ2v) is 4.40. The summed E-state index contributed by atoms with van der Waals surface area (Å²) in [7, 11) is 0. The van der Waals surface area contributed by atoms with E-state index in [0.717, 1.165) is 31.6 Å². The van der Waals surface area contributed by atoms with Gasteiger partial charge in [0.25, 0.3) is 0 Å². The molecule has 0 bridgehead atoms. The molecule has 0 saturated heterocycles. The summed E-state index contributed by atoms with van der Waals surface area (Å²) in [6.45, 7) is 7.28. The molecule has 0 heterocycles. The summed E-state index contributed by atoms with van der Waals surface area (Å²) in [6, 6.07) is 3.42. The van der Waals surface area contributed by atoms with Gasteiger partial charge in [0.05, 0.1) is 5.02 Å². The van der Waals surface area contributed by atoms with Crippen molar-refractivity contribution in [2.45, 2.75) is 20.3 Å². The van der Waals surface area contributed by atoms with Gasteiger partial charge in [-0.15, -0.1) is 0 Å². The van der Waals surface area contributed by atoms with Crippen molar-refractivity contribution in [1.82, 2.24) is 4.90 Å². The van der Waals surface area contributed by atoms with Crippen molar-refractivity contribution < 1.29 is 5.11 Å². The third-order valence-electron chi connectivity index (χ3n) is 2.73. The largest absolute Gasteiger partial charge is 0.506 e. The second kappa shape index (κ2) is 6.33. The minimum Gasteiger partial charge on any atom is -0.506 e. The Morgan fingerprint density at radius 3 is 2.31 bits per heavy atom. The molecular weight excluding hydrogens is 245 g/mol. The van der Waals surface area contributed by atoms with Gasteiger partial charge in [0, 0.05) is 6.54 Å². The van der Waals surface area contributed by atoms with E-state index in [0.29, 0.717) is 5.02 Å². The molecule has 0 fully saturated rings. The number of phenols is 1. The molecule has 0 radical (unpaired) electrons. The Kier molecular flexibility index (Phi) is 5.39. The summed E-state index contributed by atoms with van der Waals surface area (Å²) < 4.78 is 0. The first-order chi connectivity index (χ1) is 7.60. The summed E-state index contributed by atoms with van der Waals surface area (Å²) in [6.07, 6.45) is 0.848. The number of hydrogen-bond donors (Lipinski definition) is 1. The van der Waals surface area contributed by atoms with Gasteiger partial charge >= 0.3 is 0 Å². The molecular formula is C12H17Cl2NO. The van der Waals surface area contributed by atoms with E-state index >= 15 is 0 Å². The number of hydrogen-bond acceptors (Lipinski definition) is 2. The van der Waals surface area contributed by atoms with E-state index < -0.39 is 0 Å². The fourth-order valence-electron chi connectivity index (χ4n) is 1.59. The van der Waals surface area contributed by atoms with Gasteiger partial charge in [0.1, 0.15) is 10.8 Å². The molecule has 0 aliphatic heterocycles. The van der Waals surface area contributed by atoms with Crippen molar-refractivity contribution >= 4 is 23.2 Å². The fraction of sp³-hybridized carbons (Fsp3) is 0.500. The minimum atomic E-state index is 0.0401. The van der Waals surface area contributed by atoms with Crippen molar-refractivity contribution in [2.75, 3.05) is 19.6 Å².